The van der Waals surface area contributed by atoms with Crippen molar-refractivity contribution in [2.45, 2.75) is 38.6 Å². The molecule has 1 atom stereocenters. The maximum atomic E-state index is 10.4. The molecule has 0 bridgehead atoms. The van der Waals surface area contributed by atoms with E-state index in [1.54, 1.807) is 12.1 Å². The number of nitrogens with zero attached hydrogens (tertiary/aromatic N) is 1. The van der Waals surface area contributed by atoms with Gasteiger partial charge in [0.15, 0.2) is 0 Å². The fraction of sp³-hybridized carbons (Fsp3) is 0.333. The van der Waals surface area contributed by atoms with Gasteiger partial charge in [0.25, 0.3) is 0 Å². The minimum atomic E-state index is -0.637. The first kappa shape index (κ1) is 24.3. The van der Waals surface area contributed by atoms with E-state index in [9.17, 15) is 5.11 Å². The fourth-order valence-corrected chi connectivity index (χ4v) is 3.86. The summed E-state index contributed by atoms with van der Waals surface area (Å²) in [7, 11) is 0. The number of aliphatic hydroxyl groups is 1. The lowest BCUT2D eigenvalue weighted by atomic mass is 10.0. The van der Waals surface area contributed by atoms with Gasteiger partial charge < -0.3 is 15.2 Å². The molecule has 170 valence electrons. The molecule has 0 aliphatic rings. The van der Waals surface area contributed by atoms with Crippen LogP contribution in [0.2, 0.25) is 5.02 Å². The predicted octanol–water partition coefficient (Wildman–Crippen LogP) is 5.15. The third-order valence-electron chi connectivity index (χ3n) is 5.20. The first-order valence-corrected chi connectivity index (χ1v) is 11.4. The topological polar surface area (TPSA) is 44.7 Å². The van der Waals surface area contributed by atoms with Gasteiger partial charge in [0.05, 0.1) is 5.02 Å². The van der Waals surface area contributed by atoms with Crippen molar-refractivity contribution in [2.24, 2.45) is 0 Å². The molecule has 0 aromatic heterocycles. The molecule has 5 heteroatoms. The highest BCUT2D eigenvalue weighted by Gasteiger charge is 2.23. The molecule has 32 heavy (non-hydrogen) atoms. The maximum Gasteiger partial charge on any atom is 0.138 e. The molecule has 0 saturated carbocycles. The number of rotatable bonds is 12. The van der Waals surface area contributed by atoms with E-state index in [1.165, 1.54) is 11.1 Å². The number of hydrogen-bond acceptors (Lipinski definition) is 4. The molecule has 2 N–H and O–H groups in total. The Morgan fingerprint density at radius 2 is 1.41 bits per heavy atom. The van der Waals surface area contributed by atoms with Gasteiger partial charge in [-0.1, -0.05) is 84.4 Å². The molecule has 0 fully saturated rings. The van der Waals surface area contributed by atoms with E-state index in [-0.39, 0.29) is 12.1 Å². The monoisotopic (exact) mass is 452 g/mol. The van der Waals surface area contributed by atoms with Crippen molar-refractivity contribution in [3.8, 4) is 5.75 Å². The van der Waals surface area contributed by atoms with Crippen LogP contribution in [0, 0.1) is 0 Å². The molecule has 0 aliphatic heterocycles. The van der Waals surface area contributed by atoms with Gasteiger partial charge in [-0.15, -0.1) is 0 Å². The molecule has 3 aromatic carbocycles. The van der Waals surface area contributed by atoms with E-state index in [1.807, 2.05) is 24.3 Å². The Balaban J connectivity index is 1.55. The minimum absolute atomic E-state index is 0.185. The zero-order chi connectivity index (χ0) is 22.8. The fourth-order valence-electron chi connectivity index (χ4n) is 3.67. The van der Waals surface area contributed by atoms with Crippen molar-refractivity contribution in [3.63, 3.8) is 0 Å². The van der Waals surface area contributed by atoms with Crippen LogP contribution in [-0.2, 0) is 13.1 Å². The van der Waals surface area contributed by atoms with E-state index in [0.29, 0.717) is 17.3 Å². The van der Waals surface area contributed by atoms with Crippen molar-refractivity contribution in [1.29, 1.82) is 0 Å². The number of nitrogens with one attached hydrogen (secondary N) is 1. The van der Waals surface area contributed by atoms with E-state index >= 15 is 0 Å². The van der Waals surface area contributed by atoms with Crippen LogP contribution in [-0.4, -0.2) is 41.3 Å². The quantitative estimate of drug-likeness (QED) is 0.399. The van der Waals surface area contributed by atoms with Gasteiger partial charge in [-0.05, 0) is 37.1 Å². The van der Waals surface area contributed by atoms with E-state index in [4.69, 9.17) is 16.3 Å². The molecule has 0 spiro atoms. The lowest BCUT2D eigenvalue weighted by Crippen LogP contribution is -2.51. The predicted molar refractivity (Wildman–Crippen MR) is 132 cm³/mol. The Kier molecular flexibility index (Phi) is 9.12. The van der Waals surface area contributed by atoms with Gasteiger partial charge in [0.1, 0.15) is 18.5 Å². The lowest BCUT2D eigenvalue weighted by molar-refractivity contribution is 0.0924. The average Bonchev–Trinajstić information content (AvgIpc) is 2.78. The highest BCUT2D eigenvalue weighted by molar-refractivity contribution is 6.32. The summed E-state index contributed by atoms with van der Waals surface area (Å²) < 4.78 is 5.67. The Morgan fingerprint density at radius 3 is 1.97 bits per heavy atom. The van der Waals surface area contributed by atoms with Crippen molar-refractivity contribution < 1.29 is 9.84 Å². The van der Waals surface area contributed by atoms with Crippen LogP contribution >= 0.6 is 11.6 Å². The Bertz CT molecular complexity index is 893. The smallest absolute Gasteiger partial charge is 0.138 e. The number of aliphatic hydroxyl groups excluding tert-OH is 1. The van der Waals surface area contributed by atoms with E-state index in [2.05, 4.69) is 72.6 Å². The number of para-hydroxylation sites is 1. The second kappa shape index (κ2) is 12.0. The highest BCUT2D eigenvalue weighted by atomic mass is 35.5. The normalized spacial score (nSPS) is 12.7. The SMILES string of the molecule is CC(C)(CN(Cc1ccccc1)Cc1ccccc1)NCC(O)COc1ccccc1Cl. The molecular formula is C27H33ClN2O2. The van der Waals surface area contributed by atoms with Crippen LogP contribution < -0.4 is 10.1 Å². The van der Waals surface area contributed by atoms with Crippen molar-refractivity contribution >= 4 is 11.6 Å². The third-order valence-corrected chi connectivity index (χ3v) is 5.51. The average molecular weight is 453 g/mol. The van der Waals surface area contributed by atoms with Gasteiger partial charge in [-0.2, -0.15) is 0 Å². The standard InChI is InChI=1S/C27H33ClN2O2/c1-27(2,29-17-24(31)20-32-26-16-10-9-15-25(26)28)21-30(18-22-11-5-3-6-12-22)19-23-13-7-4-8-14-23/h3-16,24,29,31H,17-21H2,1-2H3. The summed E-state index contributed by atoms with van der Waals surface area (Å²) in [6, 6.07) is 28.3. The summed E-state index contributed by atoms with van der Waals surface area (Å²) in [5.74, 6) is 0.587. The first-order valence-electron chi connectivity index (χ1n) is 11.0. The maximum absolute atomic E-state index is 10.4. The summed E-state index contributed by atoms with van der Waals surface area (Å²) in [6.45, 7) is 7.49. The Morgan fingerprint density at radius 1 is 0.875 bits per heavy atom. The van der Waals surface area contributed by atoms with Gasteiger partial charge in [-0.25, -0.2) is 0 Å². The number of ether oxygens (including phenoxy) is 1. The zero-order valence-electron chi connectivity index (χ0n) is 18.9. The number of halogens is 1. The van der Waals surface area contributed by atoms with E-state index in [0.717, 1.165) is 19.6 Å². The van der Waals surface area contributed by atoms with Crippen LogP contribution in [0.1, 0.15) is 25.0 Å². The summed E-state index contributed by atoms with van der Waals surface area (Å²) in [5, 5.41) is 14.5. The van der Waals surface area contributed by atoms with Crippen molar-refractivity contribution in [1.82, 2.24) is 10.2 Å². The Labute approximate surface area is 196 Å². The van der Waals surface area contributed by atoms with Crippen LogP contribution in [0.5, 0.6) is 5.75 Å². The molecule has 0 aliphatic carbocycles. The summed E-state index contributed by atoms with van der Waals surface area (Å²) in [6.07, 6.45) is -0.637. The van der Waals surface area contributed by atoms with Gasteiger partial charge in [-0.3, -0.25) is 4.90 Å². The van der Waals surface area contributed by atoms with E-state index < -0.39 is 6.10 Å². The van der Waals surface area contributed by atoms with Crippen LogP contribution in [0.3, 0.4) is 0 Å². The van der Waals surface area contributed by atoms with Gasteiger partial charge in [0.2, 0.25) is 0 Å². The summed E-state index contributed by atoms with van der Waals surface area (Å²) >= 11 is 6.12. The molecule has 0 heterocycles. The van der Waals surface area contributed by atoms with Crippen LogP contribution in [0.15, 0.2) is 84.9 Å². The molecular weight excluding hydrogens is 420 g/mol. The molecule has 0 amide bonds. The summed E-state index contributed by atoms with van der Waals surface area (Å²) in [4.78, 5) is 2.43. The zero-order valence-corrected chi connectivity index (χ0v) is 19.6. The minimum Gasteiger partial charge on any atom is -0.489 e. The second-order valence-electron chi connectivity index (χ2n) is 8.78. The molecule has 0 saturated heterocycles. The number of benzene rings is 3. The lowest BCUT2D eigenvalue weighted by Gasteiger charge is -2.34. The number of hydrogen-bond donors (Lipinski definition) is 2. The molecule has 1 unspecified atom stereocenters. The van der Waals surface area contributed by atoms with Crippen molar-refractivity contribution in [3.05, 3.63) is 101 Å². The Hall–Kier alpha value is -2.37. The van der Waals surface area contributed by atoms with Gasteiger partial charge in [0, 0.05) is 31.7 Å². The third kappa shape index (κ3) is 8.29. The molecule has 4 nitrogen and oxygen atoms in total. The van der Waals surface area contributed by atoms with Crippen LogP contribution in [0.25, 0.3) is 0 Å². The first-order chi connectivity index (χ1) is 15.4. The highest BCUT2D eigenvalue weighted by Crippen LogP contribution is 2.23. The van der Waals surface area contributed by atoms with Gasteiger partial charge >= 0.3 is 0 Å². The number of β-amino-alcohol motifs (C(OH)–C–C–N with tert-alkyl or cyclic N) is 1. The molecule has 3 aromatic rings. The molecule has 3 rings (SSSR count). The summed E-state index contributed by atoms with van der Waals surface area (Å²) in [5.41, 5.74) is 2.37. The second-order valence-corrected chi connectivity index (χ2v) is 9.18. The largest absolute Gasteiger partial charge is 0.489 e. The van der Waals surface area contributed by atoms with Crippen LogP contribution in [0.4, 0.5) is 0 Å². The van der Waals surface area contributed by atoms with Crippen molar-refractivity contribution in [2.75, 3.05) is 19.7 Å². The molecule has 0 radical (unpaired) electrons.